The number of hydrogen-bond acceptors (Lipinski definition) is 1. The molecule has 0 aromatic heterocycles. The van der Waals surface area contributed by atoms with Crippen molar-refractivity contribution in [2.24, 2.45) is 5.41 Å². The van der Waals surface area contributed by atoms with Crippen LogP contribution < -0.4 is 0 Å². The second kappa shape index (κ2) is 4.64. The number of carbonyl (C=O) groups is 1. The standard InChI is InChI=1S/C16H22O/c1-12(17)13-6-8-14(9-7-13)15-5-4-10-16(2,3)11-15/h6-9,15H,4-5,10-11H2,1-3H3. The second-order valence-electron chi connectivity index (χ2n) is 6.14. The molecule has 1 heteroatoms. The van der Waals surface area contributed by atoms with Gasteiger partial charge in [-0.3, -0.25) is 4.79 Å². The molecule has 1 aromatic carbocycles. The number of carbonyl (C=O) groups excluding carboxylic acids is 1. The summed E-state index contributed by atoms with van der Waals surface area (Å²) in [6, 6.07) is 8.23. The lowest BCUT2D eigenvalue weighted by Gasteiger charge is -2.35. The van der Waals surface area contributed by atoms with E-state index in [0.717, 1.165) is 5.56 Å². The van der Waals surface area contributed by atoms with Crippen LogP contribution in [0.3, 0.4) is 0 Å². The van der Waals surface area contributed by atoms with Gasteiger partial charge in [0, 0.05) is 5.56 Å². The molecule has 0 spiro atoms. The average Bonchev–Trinajstić information content (AvgIpc) is 2.28. The molecule has 0 N–H and O–H groups in total. The van der Waals surface area contributed by atoms with Crippen LogP contribution in [0.1, 0.15) is 68.3 Å². The van der Waals surface area contributed by atoms with Crippen molar-refractivity contribution in [1.82, 2.24) is 0 Å². The molecule has 1 unspecified atom stereocenters. The fourth-order valence-electron chi connectivity index (χ4n) is 2.97. The largest absolute Gasteiger partial charge is 0.295 e. The van der Waals surface area contributed by atoms with E-state index >= 15 is 0 Å². The third-order valence-electron chi connectivity index (χ3n) is 3.99. The van der Waals surface area contributed by atoms with Crippen molar-refractivity contribution in [3.05, 3.63) is 35.4 Å². The minimum Gasteiger partial charge on any atom is -0.295 e. The predicted octanol–water partition coefficient (Wildman–Crippen LogP) is 4.57. The van der Waals surface area contributed by atoms with Gasteiger partial charge in [0.1, 0.15) is 0 Å². The van der Waals surface area contributed by atoms with Crippen LogP contribution in [0, 0.1) is 5.41 Å². The Kier molecular flexibility index (Phi) is 3.37. The van der Waals surface area contributed by atoms with Crippen LogP contribution in [0.2, 0.25) is 0 Å². The van der Waals surface area contributed by atoms with Crippen LogP contribution in [-0.4, -0.2) is 5.78 Å². The summed E-state index contributed by atoms with van der Waals surface area (Å²) in [6.45, 7) is 6.35. The van der Waals surface area contributed by atoms with Crippen molar-refractivity contribution in [3.8, 4) is 0 Å². The van der Waals surface area contributed by atoms with E-state index in [4.69, 9.17) is 0 Å². The molecule has 0 bridgehead atoms. The maximum Gasteiger partial charge on any atom is 0.159 e. The summed E-state index contributed by atoms with van der Waals surface area (Å²) in [5, 5.41) is 0. The lowest BCUT2D eigenvalue weighted by molar-refractivity contribution is 0.101. The Bertz CT molecular complexity index is 400. The monoisotopic (exact) mass is 230 g/mol. The molecule has 0 saturated heterocycles. The topological polar surface area (TPSA) is 17.1 Å². The molecule has 1 fully saturated rings. The third kappa shape index (κ3) is 2.96. The lowest BCUT2D eigenvalue weighted by Crippen LogP contribution is -2.21. The Morgan fingerprint density at radius 2 is 1.88 bits per heavy atom. The van der Waals surface area contributed by atoms with Gasteiger partial charge in [-0.05, 0) is 43.1 Å². The maximum atomic E-state index is 11.2. The highest BCUT2D eigenvalue weighted by atomic mass is 16.1. The molecule has 0 amide bonds. The molecule has 1 aromatic rings. The van der Waals surface area contributed by atoms with Crippen LogP contribution in [0.5, 0.6) is 0 Å². The molecule has 1 saturated carbocycles. The SMILES string of the molecule is CC(=O)c1ccc(C2CCCC(C)(C)C2)cc1. The van der Waals surface area contributed by atoms with Crippen molar-refractivity contribution >= 4 is 5.78 Å². The Morgan fingerprint density at radius 3 is 2.41 bits per heavy atom. The number of hydrogen-bond donors (Lipinski definition) is 0. The van der Waals surface area contributed by atoms with E-state index in [1.54, 1.807) is 6.92 Å². The zero-order chi connectivity index (χ0) is 12.5. The first-order valence-electron chi connectivity index (χ1n) is 6.59. The van der Waals surface area contributed by atoms with Crippen LogP contribution in [-0.2, 0) is 0 Å². The highest BCUT2D eigenvalue weighted by Crippen LogP contribution is 2.43. The number of Topliss-reactive ketones (excluding diaryl/α,β-unsaturated/α-hetero) is 1. The van der Waals surface area contributed by atoms with Gasteiger partial charge in [0.05, 0.1) is 0 Å². The van der Waals surface area contributed by atoms with Crippen molar-refractivity contribution < 1.29 is 4.79 Å². The zero-order valence-corrected chi connectivity index (χ0v) is 11.1. The number of benzene rings is 1. The third-order valence-corrected chi connectivity index (χ3v) is 3.99. The molecule has 1 aliphatic rings. The summed E-state index contributed by atoms with van der Waals surface area (Å²) in [7, 11) is 0. The van der Waals surface area contributed by atoms with Crippen LogP contribution in [0.15, 0.2) is 24.3 Å². The van der Waals surface area contributed by atoms with E-state index in [-0.39, 0.29) is 5.78 Å². The fraction of sp³-hybridized carbons (Fsp3) is 0.562. The lowest BCUT2D eigenvalue weighted by atomic mass is 9.70. The first kappa shape index (κ1) is 12.3. The molecule has 92 valence electrons. The van der Waals surface area contributed by atoms with Crippen LogP contribution in [0.4, 0.5) is 0 Å². The number of rotatable bonds is 2. The summed E-state index contributed by atoms with van der Waals surface area (Å²) in [5.41, 5.74) is 2.70. The summed E-state index contributed by atoms with van der Waals surface area (Å²) in [4.78, 5) is 11.2. The molecule has 2 rings (SSSR count). The summed E-state index contributed by atoms with van der Waals surface area (Å²) in [6.07, 6.45) is 5.23. The molecule has 0 aliphatic heterocycles. The number of ketones is 1. The minimum atomic E-state index is 0.153. The van der Waals surface area contributed by atoms with Gasteiger partial charge in [-0.25, -0.2) is 0 Å². The molecule has 1 aliphatic carbocycles. The van der Waals surface area contributed by atoms with Gasteiger partial charge in [-0.1, -0.05) is 44.5 Å². The van der Waals surface area contributed by atoms with Crippen molar-refractivity contribution in [2.75, 3.05) is 0 Å². The van der Waals surface area contributed by atoms with Crippen LogP contribution in [0.25, 0.3) is 0 Å². The van der Waals surface area contributed by atoms with E-state index in [1.165, 1.54) is 31.2 Å². The average molecular weight is 230 g/mol. The zero-order valence-electron chi connectivity index (χ0n) is 11.1. The second-order valence-corrected chi connectivity index (χ2v) is 6.14. The van der Waals surface area contributed by atoms with Gasteiger partial charge in [-0.2, -0.15) is 0 Å². The van der Waals surface area contributed by atoms with Crippen molar-refractivity contribution in [2.45, 2.75) is 52.4 Å². The normalized spacial score (nSPS) is 23.4. The fourth-order valence-corrected chi connectivity index (χ4v) is 2.97. The molecule has 1 nitrogen and oxygen atoms in total. The van der Waals surface area contributed by atoms with Gasteiger partial charge in [0.15, 0.2) is 5.78 Å². The van der Waals surface area contributed by atoms with Gasteiger partial charge in [0.2, 0.25) is 0 Å². The van der Waals surface area contributed by atoms with E-state index in [1.807, 2.05) is 12.1 Å². The minimum absolute atomic E-state index is 0.153. The van der Waals surface area contributed by atoms with Crippen molar-refractivity contribution in [1.29, 1.82) is 0 Å². The van der Waals surface area contributed by atoms with Crippen molar-refractivity contribution in [3.63, 3.8) is 0 Å². The van der Waals surface area contributed by atoms with E-state index in [2.05, 4.69) is 26.0 Å². The first-order valence-corrected chi connectivity index (χ1v) is 6.59. The van der Waals surface area contributed by atoms with E-state index in [9.17, 15) is 4.79 Å². The summed E-state index contributed by atoms with van der Waals surface area (Å²) >= 11 is 0. The van der Waals surface area contributed by atoms with Gasteiger partial charge in [0.25, 0.3) is 0 Å². The predicted molar refractivity (Wildman–Crippen MR) is 71.4 cm³/mol. The smallest absolute Gasteiger partial charge is 0.159 e. The summed E-state index contributed by atoms with van der Waals surface area (Å²) < 4.78 is 0. The van der Waals surface area contributed by atoms with Gasteiger partial charge < -0.3 is 0 Å². The Balaban J connectivity index is 2.14. The van der Waals surface area contributed by atoms with E-state index in [0.29, 0.717) is 11.3 Å². The van der Waals surface area contributed by atoms with Gasteiger partial charge >= 0.3 is 0 Å². The molecular formula is C16H22O. The van der Waals surface area contributed by atoms with E-state index < -0.39 is 0 Å². The molecule has 0 radical (unpaired) electrons. The Labute approximate surface area is 104 Å². The highest BCUT2D eigenvalue weighted by Gasteiger charge is 2.28. The molecular weight excluding hydrogens is 208 g/mol. The molecule has 1 atom stereocenters. The highest BCUT2D eigenvalue weighted by molar-refractivity contribution is 5.94. The molecule has 0 heterocycles. The van der Waals surface area contributed by atoms with Crippen LogP contribution >= 0.6 is 0 Å². The summed E-state index contributed by atoms with van der Waals surface area (Å²) in [5.74, 6) is 0.834. The Hall–Kier alpha value is -1.11. The maximum absolute atomic E-state index is 11.2. The quantitative estimate of drug-likeness (QED) is 0.680. The first-order chi connectivity index (χ1) is 7.98. The molecule has 17 heavy (non-hydrogen) atoms. The van der Waals surface area contributed by atoms with Gasteiger partial charge in [-0.15, -0.1) is 0 Å². The Morgan fingerprint density at radius 1 is 1.24 bits per heavy atom.